The van der Waals surface area contributed by atoms with Crippen molar-refractivity contribution in [2.45, 2.75) is 13.2 Å². The molecule has 0 heterocycles. The van der Waals surface area contributed by atoms with Gasteiger partial charge in [0.25, 0.3) is 0 Å². The van der Waals surface area contributed by atoms with E-state index in [0.717, 1.165) is 30.7 Å². The van der Waals surface area contributed by atoms with Crippen molar-refractivity contribution in [1.82, 2.24) is 5.43 Å². The van der Waals surface area contributed by atoms with E-state index in [4.69, 9.17) is 27.9 Å². The van der Waals surface area contributed by atoms with Crippen LogP contribution in [0.3, 0.4) is 0 Å². The molecule has 0 unspecified atom stereocenters. The summed E-state index contributed by atoms with van der Waals surface area (Å²) in [5.74, 6) is 0.709. The van der Waals surface area contributed by atoms with Gasteiger partial charge in [0.05, 0.1) is 21.7 Å². The second-order valence-electron chi connectivity index (χ2n) is 5.88. The first-order chi connectivity index (χ1) is 13.5. The molecule has 0 fully saturated rings. The van der Waals surface area contributed by atoms with Gasteiger partial charge in [0.1, 0.15) is 12.4 Å². The van der Waals surface area contributed by atoms with Crippen LogP contribution in [0.1, 0.15) is 16.7 Å². The third-order valence-corrected chi connectivity index (χ3v) is 5.80. The molecule has 0 bridgehead atoms. The SMILES string of the molecule is Clc1ccccc1CN/N=C\c1cc(Br)c(OCc2ccccc2Cl)c(Br)c1. The summed E-state index contributed by atoms with van der Waals surface area (Å²) in [6.45, 7) is 0.932. The van der Waals surface area contributed by atoms with Crippen LogP contribution >= 0.6 is 55.1 Å². The fraction of sp³-hybridized carbons (Fsp3) is 0.0952. The van der Waals surface area contributed by atoms with E-state index in [0.29, 0.717) is 23.9 Å². The highest BCUT2D eigenvalue weighted by molar-refractivity contribution is 9.11. The number of hydrogen-bond donors (Lipinski definition) is 1. The van der Waals surface area contributed by atoms with Crippen LogP contribution in [-0.4, -0.2) is 6.21 Å². The molecule has 3 aromatic carbocycles. The molecule has 0 radical (unpaired) electrons. The van der Waals surface area contributed by atoms with Gasteiger partial charge in [-0.15, -0.1) is 0 Å². The van der Waals surface area contributed by atoms with Crippen molar-refractivity contribution in [2.75, 3.05) is 0 Å². The summed E-state index contributed by atoms with van der Waals surface area (Å²) in [5.41, 5.74) is 5.84. The molecule has 3 aromatic rings. The van der Waals surface area contributed by atoms with Crippen LogP contribution in [0.5, 0.6) is 5.75 Å². The lowest BCUT2D eigenvalue weighted by atomic mass is 10.2. The molecule has 0 aliphatic carbocycles. The summed E-state index contributed by atoms with van der Waals surface area (Å²) in [7, 11) is 0. The molecule has 0 aliphatic heterocycles. The lowest BCUT2D eigenvalue weighted by Crippen LogP contribution is -2.06. The van der Waals surface area contributed by atoms with E-state index in [9.17, 15) is 0 Å². The van der Waals surface area contributed by atoms with Gasteiger partial charge in [-0.25, -0.2) is 0 Å². The normalized spacial score (nSPS) is 11.0. The highest BCUT2D eigenvalue weighted by atomic mass is 79.9. The topological polar surface area (TPSA) is 33.6 Å². The van der Waals surface area contributed by atoms with Crippen LogP contribution in [0.4, 0.5) is 0 Å². The quantitative estimate of drug-likeness (QED) is 0.252. The van der Waals surface area contributed by atoms with Gasteiger partial charge in [0, 0.05) is 15.6 Å². The number of hydrazone groups is 1. The fourth-order valence-electron chi connectivity index (χ4n) is 2.45. The van der Waals surface area contributed by atoms with Crippen LogP contribution in [0.2, 0.25) is 10.0 Å². The summed E-state index contributed by atoms with van der Waals surface area (Å²) in [6, 6.07) is 19.2. The van der Waals surface area contributed by atoms with Crippen molar-refractivity contribution < 1.29 is 4.74 Å². The van der Waals surface area contributed by atoms with Crippen LogP contribution in [0.15, 0.2) is 74.7 Å². The van der Waals surface area contributed by atoms with Crippen molar-refractivity contribution in [3.63, 3.8) is 0 Å². The molecule has 7 heteroatoms. The maximum Gasteiger partial charge on any atom is 0.148 e. The number of hydrogen-bond acceptors (Lipinski definition) is 3. The van der Waals surface area contributed by atoms with Gasteiger partial charge in [0.15, 0.2) is 0 Å². The average Bonchev–Trinajstić information content (AvgIpc) is 2.67. The van der Waals surface area contributed by atoms with E-state index in [1.807, 2.05) is 60.7 Å². The third kappa shape index (κ3) is 5.74. The maximum atomic E-state index is 6.18. The first-order valence-electron chi connectivity index (χ1n) is 8.39. The van der Waals surface area contributed by atoms with Crippen LogP contribution in [0.25, 0.3) is 0 Å². The first-order valence-corrected chi connectivity index (χ1v) is 10.7. The molecule has 0 aromatic heterocycles. The summed E-state index contributed by atoms with van der Waals surface area (Å²) in [6.07, 6.45) is 1.74. The van der Waals surface area contributed by atoms with Gasteiger partial charge < -0.3 is 10.2 Å². The smallest absolute Gasteiger partial charge is 0.148 e. The van der Waals surface area contributed by atoms with E-state index < -0.39 is 0 Å². The maximum absolute atomic E-state index is 6.18. The lowest BCUT2D eigenvalue weighted by Gasteiger charge is -2.12. The van der Waals surface area contributed by atoms with Crippen molar-refractivity contribution in [1.29, 1.82) is 0 Å². The Labute approximate surface area is 191 Å². The number of nitrogens with one attached hydrogen (secondary N) is 1. The second-order valence-corrected chi connectivity index (χ2v) is 8.40. The van der Waals surface area contributed by atoms with E-state index in [1.165, 1.54) is 0 Å². The zero-order chi connectivity index (χ0) is 19.9. The van der Waals surface area contributed by atoms with Gasteiger partial charge in [-0.05, 0) is 67.3 Å². The minimum atomic E-state index is 0.379. The summed E-state index contributed by atoms with van der Waals surface area (Å²) in [5, 5.41) is 5.66. The highest BCUT2D eigenvalue weighted by Crippen LogP contribution is 2.35. The molecule has 28 heavy (non-hydrogen) atoms. The van der Waals surface area contributed by atoms with Crippen molar-refractivity contribution in [2.24, 2.45) is 5.10 Å². The summed E-state index contributed by atoms with van der Waals surface area (Å²) in [4.78, 5) is 0. The van der Waals surface area contributed by atoms with Crippen LogP contribution in [-0.2, 0) is 13.2 Å². The first kappa shape index (κ1) is 21.2. The molecule has 0 saturated heterocycles. The Hall–Kier alpha value is -1.53. The third-order valence-electron chi connectivity index (χ3n) is 3.88. The summed E-state index contributed by atoms with van der Waals surface area (Å²) >= 11 is 19.4. The fourth-order valence-corrected chi connectivity index (χ4v) is 4.29. The van der Waals surface area contributed by atoms with E-state index in [-0.39, 0.29) is 0 Å². The average molecular weight is 543 g/mol. The molecule has 3 rings (SSSR count). The molecule has 0 amide bonds. The van der Waals surface area contributed by atoms with Gasteiger partial charge in [0.2, 0.25) is 0 Å². The molecule has 1 N–H and O–H groups in total. The highest BCUT2D eigenvalue weighted by Gasteiger charge is 2.10. The lowest BCUT2D eigenvalue weighted by molar-refractivity contribution is 0.302. The molecule has 0 atom stereocenters. The van der Waals surface area contributed by atoms with Crippen molar-refractivity contribution in [3.05, 3.63) is 96.3 Å². The molecule has 0 aliphatic rings. The molecule has 3 nitrogen and oxygen atoms in total. The molecular weight excluding hydrogens is 527 g/mol. The minimum absolute atomic E-state index is 0.379. The zero-order valence-corrected chi connectivity index (χ0v) is 19.3. The Morgan fingerprint density at radius 2 is 1.46 bits per heavy atom. The summed E-state index contributed by atoms with van der Waals surface area (Å²) < 4.78 is 7.57. The predicted octanol–water partition coefficient (Wildman–Crippen LogP) is 7.22. The second kappa shape index (κ2) is 10.3. The Balaban J connectivity index is 1.63. The Kier molecular flexibility index (Phi) is 7.80. The number of nitrogens with zero attached hydrogens (tertiary/aromatic N) is 1. The monoisotopic (exact) mass is 540 g/mol. The molecule has 0 spiro atoms. The van der Waals surface area contributed by atoms with E-state index in [2.05, 4.69) is 42.4 Å². The van der Waals surface area contributed by atoms with Gasteiger partial charge in [-0.1, -0.05) is 59.6 Å². The van der Waals surface area contributed by atoms with Crippen LogP contribution < -0.4 is 10.2 Å². The van der Waals surface area contributed by atoms with Gasteiger partial charge >= 0.3 is 0 Å². The minimum Gasteiger partial charge on any atom is -0.486 e. The number of halogens is 4. The largest absolute Gasteiger partial charge is 0.486 e. The van der Waals surface area contributed by atoms with E-state index in [1.54, 1.807) is 6.21 Å². The Morgan fingerprint density at radius 1 is 0.893 bits per heavy atom. The Morgan fingerprint density at radius 3 is 2.07 bits per heavy atom. The molecule has 0 saturated carbocycles. The van der Waals surface area contributed by atoms with Gasteiger partial charge in [-0.3, -0.25) is 0 Å². The number of ether oxygens (including phenoxy) is 1. The molecular formula is C21H16Br2Cl2N2O. The van der Waals surface area contributed by atoms with E-state index >= 15 is 0 Å². The number of rotatable bonds is 7. The van der Waals surface area contributed by atoms with Crippen molar-refractivity contribution in [3.8, 4) is 5.75 Å². The number of benzene rings is 3. The van der Waals surface area contributed by atoms with Crippen molar-refractivity contribution >= 4 is 61.3 Å². The molecule has 144 valence electrons. The predicted molar refractivity (Wildman–Crippen MR) is 124 cm³/mol. The standard InChI is InChI=1S/C21H16Br2Cl2N2O/c22-17-9-14(11-26-27-12-15-5-1-3-7-19(15)24)10-18(23)21(17)28-13-16-6-2-4-8-20(16)25/h1-11,27H,12-13H2/b26-11-. The van der Waals surface area contributed by atoms with Crippen LogP contribution in [0, 0.1) is 0 Å². The zero-order valence-electron chi connectivity index (χ0n) is 14.6. The Bertz CT molecular complexity index is 973. The van der Waals surface area contributed by atoms with Gasteiger partial charge in [-0.2, -0.15) is 5.10 Å².